The van der Waals surface area contributed by atoms with Crippen molar-refractivity contribution < 1.29 is 4.74 Å². The molecule has 0 amide bonds. The molecule has 0 saturated carbocycles. The van der Waals surface area contributed by atoms with E-state index in [4.69, 9.17) is 4.74 Å². The lowest BCUT2D eigenvalue weighted by molar-refractivity contribution is 0.326. The first-order chi connectivity index (χ1) is 11.7. The Labute approximate surface area is 140 Å². The minimum Gasteiger partial charge on any atom is -0.478 e. The van der Waals surface area contributed by atoms with Gasteiger partial charge in [-0.1, -0.05) is 36.4 Å². The highest BCUT2D eigenvalue weighted by Crippen LogP contribution is 2.19. The van der Waals surface area contributed by atoms with Gasteiger partial charge in [-0.2, -0.15) is 10.1 Å². The number of aromatic amines is 1. The van der Waals surface area contributed by atoms with Crippen molar-refractivity contribution in [1.82, 2.24) is 20.2 Å². The van der Waals surface area contributed by atoms with Gasteiger partial charge in [0.15, 0.2) is 11.6 Å². The third-order valence-corrected chi connectivity index (χ3v) is 3.20. The Kier molecular flexibility index (Phi) is 4.86. The summed E-state index contributed by atoms with van der Waals surface area (Å²) >= 11 is 0. The maximum Gasteiger partial charge on any atom is 0.219 e. The third-order valence-electron chi connectivity index (χ3n) is 3.20. The number of aromatic nitrogens is 4. The molecular formula is C18H19N5O. The molecule has 0 saturated heterocycles. The molecule has 0 aliphatic carbocycles. The Hall–Kier alpha value is -3.15. The topological polar surface area (TPSA) is 75.7 Å². The molecule has 3 aromatic rings. The summed E-state index contributed by atoms with van der Waals surface area (Å²) < 4.78 is 5.53. The predicted octanol–water partition coefficient (Wildman–Crippen LogP) is 3.82. The van der Waals surface area contributed by atoms with Crippen LogP contribution in [-0.2, 0) is 0 Å². The zero-order chi connectivity index (χ0) is 16.8. The first kappa shape index (κ1) is 15.7. The highest BCUT2D eigenvalue weighted by molar-refractivity contribution is 5.67. The Morgan fingerprint density at radius 3 is 2.62 bits per heavy atom. The number of hydrogen-bond acceptors (Lipinski definition) is 5. The van der Waals surface area contributed by atoms with Crippen molar-refractivity contribution in [3.8, 4) is 5.88 Å². The second-order valence-electron chi connectivity index (χ2n) is 5.19. The average molecular weight is 321 g/mol. The fourth-order valence-electron chi connectivity index (χ4n) is 2.15. The van der Waals surface area contributed by atoms with E-state index in [0.717, 1.165) is 11.3 Å². The zero-order valence-electron chi connectivity index (χ0n) is 13.7. The van der Waals surface area contributed by atoms with E-state index in [1.165, 1.54) is 0 Å². The molecule has 2 N–H and O–H groups in total. The molecule has 0 radical (unpaired) electrons. The molecule has 2 heterocycles. The van der Waals surface area contributed by atoms with E-state index >= 15 is 0 Å². The molecular weight excluding hydrogens is 302 g/mol. The summed E-state index contributed by atoms with van der Waals surface area (Å²) in [6.07, 6.45) is 3.83. The van der Waals surface area contributed by atoms with Crippen molar-refractivity contribution in [3.63, 3.8) is 0 Å². The Morgan fingerprint density at radius 1 is 1.08 bits per heavy atom. The minimum atomic E-state index is 0.523. The minimum absolute atomic E-state index is 0.523. The molecule has 6 nitrogen and oxygen atoms in total. The van der Waals surface area contributed by atoms with Gasteiger partial charge in [0.1, 0.15) is 5.82 Å². The number of rotatable bonds is 6. The van der Waals surface area contributed by atoms with Gasteiger partial charge in [-0.3, -0.25) is 5.10 Å². The summed E-state index contributed by atoms with van der Waals surface area (Å²) in [6.45, 7) is 4.41. The fraction of sp³-hybridized carbons (Fsp3) is 0.167. The molecule has 0 fully saturated rings. The molecule has 1 aromatic carbocycles. The van der Waals surface area contributed by atoms with Crippen LogP contribution in [0.2, 0.25) is 0 Å². The number of ether oxygens (including phenoxy) is 1. The van der Waals surface area contributed by atoms with Crippen LogP contribution in [0, 0.1) is 6.92 Å². The van der Waals surface area contributed by atoms with Crippen LogP contribution in [0.15, 0.2) is 42.5 Å². The van der Waals surface area contributed by atoms with Gasteiger partial charge in [0.25, 0.3) is 0 Å². The molecule has 0 spiro atoms. The van der Waals surface area contributed by atoms with E-state index in [2.05, 4.69) is 25.5 Å². The van der Waals surface area contributed by atoms with E-state index in [0.29, 0.717) is 29.9 Å². The van der Waals surface area contributed by atoms with Crippen LogP contribution >= 0.6 is 0 Å². The summed E-state index contributed by atoms with van der Waals surface area (Å²) in [6, 6.07) is 13.7. The molecule has 2 aromatic heterocycles. The molecule has 6 heteroatoms. The van der Waals surface area contributed by atoms with Gasteiger partial charge in [0.2, 0.25) is 5.88 Å². The van der Waals surface area contributed by atoms with E-state index in [-0.39, 0.29) is 0 Å². The largest absolute Gasteiger partial charge is 0.478 e. The second-order valence-corrected chi connectivity index (χ2v) is 5.19. The fourth-order valence-corrected chi connectivity index (χ4v) is 2.15. The zero-order valence-corrected chi connectivity index (χ0v) is 13.7. The van der Waals surface area contributed by atoms with Crippen molar-refractivity contribution in [2.24, 2.45) is 0 Å². The first-order valence-electron chi connectivity index (χ1n) is 7.77. The predicted molar refractivity (Wildman–Crippen MR) is 95.2 cm³/mol. The van der Waals surface area contributed by atoms with Gasteiger partial charge in [-0.05, 0) is 25.5 Å². The van der Waals surface area contributed by atoms with E-state index in [1.54, 1.807) is 6.07 Å². The number of aryl methyl sites for hydroxylation is 1. The number of nitrogens with zero attached hydrogens (tertiary/aromatic N) is 3. The summed E-state index contributed by atoms with van der Waals surface area (Å²) in [5.74, 6) is 2.42. The number of nitrogens with one attached hydrogen (secondary N) is 2. The van der Waals surface area contributed by atoms with Crippen molar-refractivity contribution >= 4 is 23.8 Å². The number of hydrogen-bond donors (Lipinski definition) is 2. The normalized spacial score (nSPS) is 10.9. The summed E-state index contributed by atoms with van der Waals surface area (Å²) in [5, 5.41) is 10.2. The van der Waals surface area contributed by atoms with Gasteiger partial charge in [-0.25, -0.2) is 4.98 Å². The smallest absolute Gasteiger partial charge is 0.219 e. The SMILES string of the molecule is CCOc1cc(Nc2cc(C)[nH]n2)nc(C=Cc2ccccc2)n1. The van der Waals surface area contributed by atoms with Crippen LogP contribution in [-0.4, -0.2) is 26.8 Å². The lowest BCUT2D eigenvalue weighted by atomic mass is 10.2. The van der Waals surface area contributed by atoms with Crippen LogP contribution in [0.3, 0.4) is 0 Å². The lowest BCUT2D eigenvalue weighted by Gasteiger charge is -2.07. The Bertz CT molecular complexity index is 826. The van der Waals surface area contributed by atoms with Crippen LogP contribution in [0.4, 0.5) is 11.6 Å². The quantitative estimate of drug-likeness (QED) is 0.722. The summed E-state index contributed by atoms with van der Waals surface area (Å²) in [7, 11) is 0. The van der Waals surface area contributed by atoms with E-state index in [1.807, 2.05) is 62.4 Å². The van der Waals surface area contributed by atoms with Crippen molar-refractivity contribution in [1.29, 1.82) is 0 Å². The second kappa shape index (κ2) is 7.41. The van der Waals surface area contributed by atoms with Crippen LogP contribution < -0.4 is 10.1 Å². The van der Waals surface area contributed by atoms with Gasteiger partial charge in [-0.15, -0.1) is 0 Å². The van der Waals surface area contributed by atoms with E-state index in [9.17, 15) is 0 Å². The van der Waals surface area contributed by atoms with Crippen LogP contribution in [0.5, 0.6) is 5.88 Å². The molecule has 0 aliphatic rings. The standard InChI is InChI=1S/C18H19N5O/c1-3-24-18-12-16(20-17-11-13(2)22-23-17)19-15(21-18)10-9-14-7-5-4-6-8-14/h4-12H,3H2,1-2H3,(H2,19,20,21,22,23). The van der Waals surface area contributed by atoms with Gasteiger partial charge in [0.05, 0.1) is 6.61 Å². The maximum atomic E-state index is 5.53. The molecule has 3 rings (SSSR count). The molecule has 24 heavy (non-hydrogen) atoms. The van der Waals surface area contributed by atoms with Crippen molar-refractivity contribution in [2.45, 2.75) is 13.8 Å². The van der Waals surface area contributed by atoms with Crippen molar-refractivity contribution in [3.05, 3.63) is 59.5 Å². The van der Waals surface area contributed by atoms with Crippen LogP contribution in [0.25, 0.3) is 12.2 Å². The molecule has 0 aliphatic heterocycles. The highest BCUT2D eigenvalue weighted by Gasteiger charge is 2.06. The number of benzene rings is 1. The lowest BCUT2D eigenvalue weighted by Crippen LogP contribution is -2.01. The monoisotopic (exact) mass is 321 g/mol. The van der Waals surface area contributed by atoms with E-state index < -0.39 is 0 Å². The Morgan fingerprint density at radius 2 is 1.92 bits per heavy atom. The average Bonchev–Trinajstić information content (AvgIpc) is 2.99. The maximum absolute atomic E-state index is 5.53. The third kappa shape index (κ3) is 4.19. The summed E-state index contributed by atoms with van der Waals surface area (Å²) in [4.78, 5) is 8.89. The van der Waals surface area contributed by atoms with Gasteiger partial charge in [0, 0.05) is 17.8 Å². The molecule has 122 valence electrons. The summed E-state index contributed by atoms with van der Waals surface area (Å²) in [5.41, 5.74) is 2.06. The Balaban J connectivity index is 1.86. The first-order valence-corrected chi connectivity index (χ1v) is 7.77. The van der Waals surface area contributed by atoms with Crippen LogP contribution in [0.1, 0.15) is 24.0 Å². The number of H-pyrrole nitrogens is 1. The van der Waals surface area contributed by atoms with Gasteiger partial charge < -0.3 is 10.1 Å². The number of anilines is 2. The van der Waals surface area contributed by atoms with Crippen molar-refractivity contribution in [2.75, 3.05) is 11.9 Å². The molecule has 0 unspecified atom stereocenters. The molecule has 0 bridgehead atoms. The highest BCUT2D eigenvalue weighted by atomic mass is 16.5. The molecule has 0 atom stereocenters. The van der Waals surface area contributed by atoms with Gasteiger partial charge >= 0.3 is 0 Å².